The monoisotopic (exact) mass is 217 g/mol. The lowest BCUT2D eigenvalue weighted by Gasteiger charge is -2.03. The number of nitrogens with zero attached hydrogens (tertiary/aromatic N) is 1. The number of ether oxygens (including phenoxy) is 1. The van der Waals surface area contributed by atoms with E-state index < -0.39 is 0 Å². The lowest BCUT2D eigenvalue weighted by Crippen LogP contribution is -2.07. The third-order valence-corrected chi connectivity index (χ3v) is 3.18. The number of nitrogens with one attached hydrogen (secondary N) is 2. The molecule has 1 atom stereocenters. The van der Waals surface area contributed by atoms with E-state index in [1.807, 2.05) is 12.1 Å². The van der Waals surface area contributed by atoms with Crippen molar-refractivity contribution in [3.63, 3.8) is 0 Å². The quantitative estimate of drug-likeness (QED) is 0.804. The van der Waals surface area contributed by atoms with Gasteiger partial charge in [-0.1, -0.05) is 0 Å². The SMILES string of the molecule is COc1ccc2[nH]c(C3CCNC3)cc2n1. The van der Waals surface area contributed by atoms with Crippen LogP contribution >= 0.6 is 0 Å². The van der Waals surface area contributed by atoms with Crippen LogP contribution in [-0.4, -0.2) is 30.2 Å². The number of hydrogen-bond donors (Lipinski definition) is 2. The fourth-order valence-corrected chi connectivity index (χ4v) is 2.26. The van der Waals surface area contributed by atoms with Gasteiger partial charge in [-0.15, -0.1) is 0 Å². The van der Waals surface area contributed by atoms with Gasteiger partial charge in [0.05, 0.1) is 18.1 Å². The number of H-pyrrole nitrogens is 1. The fourth-order valence-electron chi connectivity index (χ4n) is 2.26. The molecular formula is C12H15N3O. The molecule has 4 heteroatoms. The third-order valence-electron chi connectivity index (χ3n) is 3.18. The minimum absolute atomic E-state index is 0.597. The summed E-state index contributed by atoms with van der Waals surface area (Å²) in [4.78, 5) is 7.84. The zero-order valence-electron chi connectivity index (χ0n) is 9.29. The van der Waals surface area contributed by atoms with Gasteiger partial charge >= 0.3 is 0 Å². The molecule has 4 nitrogen and oxygen atoms in total. The molecule has 0 bridgehead atoms. The predicted molar refractivity (Wildman–Crippen MR) is 62.9 cm³/mol. The van der Waals surface area contributed by atoms with Crippen LogP contribution in [0.25, 0.3) is 11.0 Å². The van der Waals surface area contributed by atoms with E-state index in [1.54, 1.807) is 7.11 Å². The summed E-state index contributed by atoms with van der Waals surface area (Å²) in [7, 11) is 1.64. The first-order valence-corrected chi connectivity index (χ1v) is 5.61. The fraction of sp³-hybridized carbons (Fsp3) is 0.417. The summed E-state index contributed by atoms with van der Waals surface area (Å²) in [5.41, 5.74) is 3.35. The summed E-state index contributed by atoms with van der Waals surface area (Å²) in [6, 6.07) is 6.04. The van der Waals surface area contributed by atoms with Crippen molar-refractivity contribution in [2.24, 2.45) is 0 Å². The summed E-state index contributed by atoms with van der Waals surface area (Å²) in [6.45, 7) is 2.17. The van der Waals surface area contributed by atoms with Crippen LogP contribution in [0.1, 0.15) is 18.0 Å². The van der Waals surface area contributed by atoms with Crippen molar-refractivity contribution in [2.75, 3.05) is 20.2 Å². The number of hydrogen-bond acceptors (Lipinski definition) is 3. The maximum atomic E-state index is 5.12. The Labute approximate surface area is 94.0 Å². The summed E-state index contributed by atoms with van der Waals surface area (Å²) in [5, 5.41) is 3.37. The third kappa shape index (κ3) is 1.55. The Bertz CT molecular complexity index is 500. The molecule has 0 aromatic carbocycles. The van der Waals surface area contributed by atoms with Gasteiger partial charge in [-0.2, -0.15) is 0 Å². The van der Waals surface area contributed by atoms with Gasteiger partial charge in [0.1, 0.15) is 0 Å². The van der Waals surface area contributed by atoms with Crippen LogP contribution in [0, 0.1) is 0 Å². The predicted octanol–water partition coefficient (Wildman–Crippen LogP) is 1.65. The molecule has 0 aliphatic carbocycles. The maximum absolute atomic E-state index is 5.12. The van der Waals surface area contributed by atoms with E-state index in [1.165, 1.54) is 12.1 Å². The molecule has 0 radical (unpaired) electrons. The van der Waals surface area contributed by atoms with Crippen molar-refractivity contribution < 1.29 is 4.74 Å². The lowest BCUT2D eigenvalue weighted by atomic mass is 10.1. The van der Waals surface area contributed by atoms with Crippen molar-refractivity contribution in [3.8, 4) is 5.88 Å². The number of methoxy groups -OCH3 is 1. The van der Waals surface area contributed by atoms with Gasteiger partial charge in [0, 0.05) is 24.2 Å². The molecule has 3 heterocycles. The number of fused-ring (bicyclic) bond motifs is 1. The van der Waals surface area contributed by atoms with Crippen molar-refractivity contribution >= 4 is 11.0 Å². The standard InChI is InChI=1S/C12H15N3O/c1-16-12-3-2-9-11(15-12)6-10(14-9)8-4-5-13-7-8/h2-3,6,8,13-14H,4-5,7H2,1H3. The van der Waals surface area contributed by atoms with Gasteiger partial charge in [0.15, 0.2) is 0 Å². The average molecular weight is 217 g/mol. The summed E-state index contributed by atoms with van der Waals surface area (Å²) in [5.74, 6) is 1.27. The van der Waals surface area contributed by atoms with E-state index in [0.717, 1.165) is 24.1 Å². The summed E-state index contributed by atoms with van der Waals surface area (Å²) < 4.78 is 5.12. The van der Waals surface area contributed by atoms with Crippen molar-refractivity contribution in [3.05, 3.63) is 23.9 Å². The first kappa shape index (κ1) is 9.66. The Morgan fingerprint density at radius 3 is 3.12 bits per heavy atom. The van der Waals surface area contributed by atoms with Gasteiger partial charge < -0.3 is 15.0 Å². The first-order chi connectivity index (χ1) is 7.86. The van der Waals surface area contributed by atoms with Crippen LogP contribution in [0.3, 0.4) is 0 Å². The van der Waals surface area contributed by atoms with E-state index in [9.17, 15) is 0 Å². The van der Waals surface area contributed by atoms with Crippen LogP contribution in [-0.2, 0) is 0 Å². The molecule has 16 heavy (non-hydrogen) atoms. The van der Waals surface area contributed by atoms with Crippen LogP contribution in [0.5, 0.6) is 5.88 Å². The summed E-state index contributed by atoms with van der Waals surface area (Å²) in [6.07, 6.45) is 1.20. The highest BCUT2D eigenvalue weighted by Gasteiger charge is 2.18. The van der Waals surface area contributed by atoms with E-state index >= 15 is 0 Å². The number of rotatable bonds is 2. The first-order valence-electron chi connectivity index (χ1n) is 5.61. The van der Waals surface area contributed by atoms with Crippen LogP contribution < -0.4 is 10.1 Å². The molecule has 1 aliphatic rings. The molecule has 84 valence electrons. The zero-order valence-corrected chi connectivity index (χ0v) is 9.29. The maximum Gasteiger partial charge on any atom is 0.213 e. The highest BCUT2D eigenvalue weighted by atomic mass is 16.5. The van der Waals surface area contributed by atoms with Gasteiger partial charge in [0.2, 0.25) is 5.88 Å². The van der Waals surface area contributed by atoms with Gasteiger partial charge in [0.25, 0.3) is 0 Å². The molecule has 0 saturated carbocycles. The minimum atomic E-state index is 0.597. The van der Waals surface area contributed by atoms with Crippen LogP contribution in [0.4, 0.5) is 0 Å². The van der Waals surface area contributed by atoms with E-state index in [0.29, 0.717) is 11.8 Å². The summed E-state index contributed by atoms with van der Waals surface area (Å²) >= 11 is 0. The Balaban J connectivity index is 2.01. The number of aromatic nitrogens is 2. The smallest absolute Gasteiger partial charge is 0.213 e. The molecule has 2 aromatic rings. The molecule has 0 spiro atoms. The van der Waals surface area contributed by atoms with E-state index in [-0.39, 0.29) is 0 Å². The Morgan fingerprint density at radius 1 is 1.44 bits per heavy atom. The zero-order chi connectivity index (χ0) is 11.0. The topological polar surface area (TPSA) is 49.9 Å². The second kappa shape index (κ2) is 3.79. The molecule has 2 aromatic heterocycles. The Kier molecular flexibility index (Phi) is 2.29. The van der Waals surface area contributed by atoms with E-state index in [2.05, 4.69) is 21.4 Å². The normalized spacial score (nSPS) is 20.4. The Morgan fingerprint density at radius 2 is 2.38 bits per heavy atom. The van der Waals surface area contributed by atoms with Crippen molar-refractivity contribution in [1.82, 2.24) is 15.3 Å². The molecule has 0 amide bonds. The van der Waals surface area contributed by atoms with Crippen molar-refractivity contribution in [2.45, 2.75) is 12.3 Å². The molecule has 3 rings (SSSR count). The van der Waals surface area contributed by atoms with Crippen molar-refractivity contribution in [1.29, 1.82) is 0 Å². The average Bonchev–Trinajstić information content (AvgIpc) is 2.96. The highest BCUT2D eigenvalue weighted by Crippen LogP contribution is 2.25. The van der Waals surface area contributed by atoms with Gasteiger partial charge in [-0.25, -0.2) is 4.98 Å². The van der Waals surface area contributed by atoms with E-state index in [4.69, 9.17) is 4.74 Å². The molecule has 1 aliphatic heterocycles. The van der Waals surface area contributed by atoms with Crippen LogP contribution in [0.15, 0.2) is 18.2 Å². The largest absolute Gasteiger partial charge is 0.481 e. The molecule has 1 saturated heterocycles. The second-order valence-electron chi connectivity index (χ2n) is 4.20. The van der Waals surface area contributed by atoms with Gasteiger partial charge in [-0.3, -0.25) is 0 Å². The molecular weight excluding hydrogens is 202 g/mol. The Hall–Kier alpha value is -1.55. The van der Waals surface area contributed by atoms with Gasteiger partial charge in [-0.05, 0) is 25.1 Å². The number of aromatic amines is 1. The number of pyridine rings is 1. The lowest BCUT2D eigenvalue weighted by molar-refractivity contribution is 0.399. The highest BCUT2D eigenvalue weighted by molar-refractivity contribution is 5.76. The molecule has 2 N–H and O–H groups in total. The second-order valence-corrected chi connectivity index (χ2v) is 4.20. The van der Waals surface area contributed by atoms with Crippen LogP contribution in [0.2, 0.25) is 0 Å². The molecule has 1 fully saturated rings. The minimum Gasteiger partial charge on any atom is -0.481 e. The molecule has 1 unspecified atom stereocenters.